The number of morpholine rings is 1. The monoisotopic (exact) mass is 498 g/mol. The summed E-state index contributed by atoms with van der Waals surface area (Å²) >= 11 is 0. The molecule has 2 aromatic heterocycles. The van der Waals surface area contributed by atoms with Crippen molar-refractivity contribution < 1.29 is 9.53 Å². The van der Waals surface area contributed by atoms with E-state index in [2.05, 4.69) is 64.0 Å². The molecular formula is C29H34N6O2. The van der Waals surface area contributed by atoms with Gasteiger partial charge in [-0.15, -0.1) is 0 Å². The highest BCUT2D eigenvalue weighted by atomic mass is 16.5. The van der Waals surface area contributed by atoms with Crippen molar-refractivity contribution in [1.82, 2.24) is 19.8 Å². The summed E-state index contributed by atoms with van der Waals surface area (Å²) < 4.78 is 7.84. The third-order valence-corrected chi connectivity index (χ3v) is 8.22. The van der Waals surface area contributed by atoms with Gasteiger partial charge in [-0.2, -0.15) is 10.4 Å². The van der Waals surface area contributed by atoms with Gasteiger partial charge in [-0.05, 0) is 48.9 Å². The largest absolute Gasteiger partial charge is 0.371 e. The van der Waals surface area contributed by atoms with Gasteiger partial charge < -0.3 is 19.9 Å². The Balaban J connectivity index is 1.13. The van der Waals surface area contributed by atoms with Crippen molar-refractivity contribution in [2.24, 2.45) is 11.8 Å². The van der Waals surface area contributed by atoms with Crippen LogP contribution in [0.4, 0.5) is 5.69 Å². The topological polar surface area (TPSA) is 85.9 Å². The highest BCUT2D eigenvalue weighted by Gasteiger charge is 2.31. The number of aromatic nitrogens is 2. The number of nitrogens with zero attached hydrogens (tertiary/aromatic N) is 5. The minimum atomic E-state index is 0.0873. The fourth-order valence-electron chi connectivity index (χ4n) is 5.99. The van der Waals surface area contributed by atoms with Crippen molar-refractivity contribution in [2.45, 2.75) is 31.8 Å². The molecule has 1 saturated carbocycles. The van der Waals surface area contributed by atoms with Crippen LogP contribution >= 0.6 is 0 Å². The van der Waals surface area contributed by atoms with E-state index in [1.54, 1.807) is 0 Å². The van der Waals surface area contributed by atoms with Crippen LogP contribution in [0.3, 0.4) is 0 Å². The number of hydrogen-bond acceptors (Lipinski definition) is 6. The lowest BCUT2D eigenvalue weighted by Gasteiger charge is -2.38. The van der Waals surface area contributed by atoms with E-state index >= 15 is 0 Å². The number of piperazine rings is 1. The zero-order valence-corrected chi connectivity index (χ0v) is 21.2. The maximum Gasteiger partial charge on any atom is 0.225 e. The van der Waals surface area contributed by atoms with Gasteiger partial charge in [-0.25, -0.2) is 4.52 Å². The van der Waals surface area contributed by atoms with Crippen molar-refractivity contribution >= 4 is 17.1 Å². The van der Waals surface area contributed by atoms with Crippen LogP contribution in [0.15, 0.2) is 48.8 Å². The van der Waals surface area contributed by atoms with Crippen molar-refractivity contribution in [3.8, 4) is 17.2 Å². The van der Waals surface area contributed by atoms with Gasteiger partial charge in [0.25, 0.3) is 0 Å². The molecule has 1 unspecified atom stereocenters. The number of carbonyl (C=O) groups is 1. The Kier molecular flexibility index (Phi) is 6.81. The summed E-state index contributed by atoms with van der Waals surface area (Å²) in [5, 5.41) is 17.1. The van der Waals surface area contributed by atoms with Gasteiger partial charge in [-0.3, -0.25) is 4.79 Å². The molecule has 4 heterocycles. The van der Waals surface area contributed by atoms with Crippen LogP contribution in [0.1, 0.15) is 37.4 Å². The van der Waals surface area contributed by atoms with E-state index in [0.717, 1.165) is 93.9 Å². The Morgan fingerprint density at radius 1 is 1.03 bits per heavy atom. The first-order valence-corrected chi connectivity index (χ1v) is 13.5. The molecule has 6 rings (SSSR count). The predicted octanol–water partition coefficient (Wildman–Crippen LogP) is 3.64. The van der Waals surface area contributed by atoms with Gasteiger partial charge in [0.1, 0.15) is 0 Å². The van der Waals surface area contributed by atoms with E-state index < -0.39 is 0 Å². The fourth-order valence-corrected chi connectivity index (χ4v) is 5.99. The first-order valence-electron chi connectivity index (χ1n) is 13.5. The van der Waals surface area contributed by atoms with Crippen molar-refractivity contribution in [1.29, 1.82) is 5.26 Å². The molecule has 0 spiro atoms. The molecule has 192 valence electrons. The molecule has 37 heavy (non-hydrogen) atoms. The second kappa shape index (κ2) is 10.5. The van der Waals surface area contributed by atoms with E-state index in [1.807, 2.05) is 15.6 Å². The molecule has 0 radical (unpaired) electrons. The molecule has 8 nitrogen and oxygen atoms in total. The highest BCUT2D eigenvalue weighted by Crippen LogP contribution is 2.32. The number of amides is 1. The first-order chi connectivity index (χ1) is 18.2. The van der Waals surface area contributed by atoms with Crippen molar-refractivity contribution in [2.75, 3.05) is 50.8 Å². The molecule has 2 saturated heterocycles. The van der Waals surface area contributed by atoms with E-state index in [9.17, 15) is 4.79 Å². The van der Waals surface area contributed by atoms with Crippen LogP contribution < -0.4 is 10.2 Å². The maximum atomic E-state index is 13.1. The van der Waals surface area contributed by atoms with Crippen LogP contribution in [0.5, 0.6) is 0 Å². The van der Waals surface area contributed by atoms with E-state index in [-0.39, 0.29) is 23.8 Å². The zero-order valence-electron chi connectivity index (χ0n) is 21.2. The third-order valence-electron chi connectivity index (χ3n) is 8.22. The number of nitriles is 1. The van der Waals surface area contributed by atoms with E-state index in [1.165, 1.54) is 5.56 Å². The smallest absolute Gasteiger partial charge is 0.225 e. The summed E-state index contributed by atoms with van der Waals surface area (Å²) in [5.74, 6) is 0.492. The molecular weight excluding hydrogens is 464 g/mol. The number of hydrogen-bond donors (Lipinski definition) is 1. The Morgan fingerprint density at radius 2 is 1.81 bits per heavy atom. The summed E-state index contributed by atoms with van der Waals surface area (Å²) in [5.41, 5.74) is 5.72. The quantitative estimate of drug-likeness (QED) is 0.591. The summed E-state index contributed by atoms with van der Waals surface area (Å²) in [6.07, 6.45) is 7.46. The van der Waals surface area contributed by atoms with Crippen molar-refractivity contribution in [3.05, 3.63) is 54.4 Å². The second-order valence-corrected chi connectivity index (χ2v) is 10.5. The molecule has 1 amide bonds. The van der Waals surface area contributed by atoms with Crippen LogP contribution in [0, 0.1) is 23.2 Å². The summed E-state index contributed by atoms with van der Waals surface area (Å²) in [6.45, 7) is 5.60. The lowest BCUT2D eigenvalue weighted by Crippen LogP contribution is -2.50. The fraction of sp³-hybridized carbons (Fsp3) is 0.483. The third kappa shape index (κ3) is 4.94. The van der Waals surface area contributed by atoms with Crippen molar-refractivity contribution in [3.63, 3.8) is 0 Å². The molecule has 1 atom stereocenters. The summed E-state index contributed by atoms with van der Waals surface area (Å²) in [6, 6.07) is 15.3. The van der Waals surface area contributed by atoms with E-state index in [0.29, 0.717) is 0 Å². The predicted molar refractivity (Wildman–Crippen MR) is 142 cm³/mol. The molecule has 1 aliphatic carbocycles. The molecule has 3 fully saturated rings. The minimum Gasteiger partial charge on any atom is -0.371 e. The van der Waals surface area contributed by atoms with Gasteiger partial charge in [0.2, 0.25) is 5.91 Å². The van der Waals surface area contributed by atoms with Gasteiger partial charge in [0.15, 0.2) is 0 Å². The summed E-state index contributed by atoms with van der Waals surface area (Å²) in [7, 11) is 0. The minimum absolute atomic E-state index is 0.0873. The number of carbonyl (C=O) groups excluding carboxylic acids is 1. The molecule has 1 aromatic carbocycles. The molecule has 8 heteroatoms. The van der Waals surface area contributed by atoms with E-state index in [4.69, 9.17) is 10.00 Å². The number of benzene rings is 1. The number of rotatable bonds is 4. The van der Waals surface area contributed by atoms with Gasteiger partial charge in [0, 0.05) is 69.1 Å². The van der Waals surface area contributed by atoms with Gasteiger partial charge in [-0.1, -0.05) is 24.3 Å². The SMILES string of the molecule is N#C[C@H]1CC[C@H](C(=O)N2CCN(c3ccnn4cc(-c5ccc(C6CNCCO6)cc5)cc34)CC2)CC1. The molecule has 1 N–H and O–H groups in total. The second-order valence-electron chi connectivity index (χ2n) is 10.5. The van der Waals surface area contributed by atoms with Crippen LogP contribution in [-0.2, 0) is 9.53 Å². The molecule has 0 bridgehead atoms. The first kappa shape index (κ1) is 24.0. The lowest BCUT2D eigenvalue weighted by atomic mass is 9.82. The molecule has 2 aliphatic heterocycles. The number of ether oxygens (including phenoxy) is 1. The number of fused-ring (bicyclic) bond motifs is 1. The maximum absolute atomic E-state index is 13.1. The molecule has 3 aromatic rings. The normalized spacial score (nSPS) is 24.7. The van der Waals surface area contributed by atoms with Crippen LogP contribution in [0.25, 0.3) is 16.6 Å². The highest BCUT2D eigenvalue weighted by molar-refractivity contribution is 5.81. The summed E-state index contributed by atoms with van der Waals surface area (Å²) in [4.78, 5) is 17.5. The van der Waals surface area contributed by atoms with Gasteiger partial charge >= 0.3 is 0 Å². The zero-order chi connectivity index (χ0) is 25.2. The Hall–Kier alpha value is -3.41. The number of nitrogens with one attached hydrogen (secondary N) is 1. The Morgan fingerprint density at radius 3 is 2.51 bits per heavy atom. The average molecular weight is 499 g/mol. The Labute approximate surface area is 217 Å². The standard InChI is InChI=1S/C29H34N6O2/c30-18-21-1-3-24(4-2-21)29(36)34-14-12-33(13-15-34)26-9-10-32-35-20-25(17-27(26)35)22-5-7-23(8-6-22)28-19-31-11-16-37-28/h5-10,17,20-21,24,28,31H,1-4,11-16,19H2/t21-,24-,28?. The molecule has 3 aliphatic rings. The van der Waals surface area contributed by atoms with Gasteiger partial charge in [0.05, 0.1) is 30.0 Å². The Bertz CT molecular complexity index is 1270. The van der Waals surface area contributed by atoms with Crippen LogP contribution in [0.2, 0.25) is 0 Å². The van der Waals surface area contributed by atoms with Crippen LogP contribution in [-0.4, -0.2) is 66.3 Å². The average Bonchev–Trinajstić information content (AvgIpc) is 3.42. The number of anilines is 1. The lowest BCUT2D eigenvalue weighted by molar-refractivity contribution is -0.137.